The topological polar surface area (TPSA) is 24.5 Å². The molecule has 0 aromatic heterocycles. The summed E-state index contributed by atoms with van der Waals surface area (Å²) in [5, 5.41) is 3.63. The second kappa shape index (κ2) is 7.77. The number of morpholine rings is 1. The largest absolute Gasteiger partial charge is 0.376 e. The van der Waals surface area contributed by atoms with E-state index in [1.54, 1.807) is 0 Å². The average Bonchev–Trinajstić information content (AvgIpc) is 2.44. The van der Waals surface area contributed by atoms with Crippen LogP contribution in [0.1, 0.15) is 37.4 Å². The van der Waals surface area contributed by atoms with Crippen molar-refractivity contribution in [3.05, 3.63) is 35.4 Å². The molecule has 0 bridgehead atoms. The first-order valence-corrected chi connectivity index (χ1v) is 7.83. The van der Waals surface area contributed by atoms with Gasteiger partial charge in [-0.2, -0.15) is 0 Å². The molecule has 2 rings (SSSR count). The SMILES string of the molecule is CCNC(CCN1CCOC(C)C1)c1ccccc1C. The molecule has 1 aromatic carbocycles. The van der Waals surface area contributed by atoms with Gasteiger partial charge in [-0.15, -0.1) is 0 Å². The minimum atomic E-state index is 0.375. The van der Waals surface area contributed by atoms with Crippen molar-refractivity contribution in [3.63, 3.8) is 0 Å². The zero-order valence-electron chi connectivity index (χ0n) is 13.1. The highest BCUT2D eigenvalue weighted by Crippen LogP contribution is 2.21. The van der Waals surface area contributed by atoms with Gasteiger partial charge >= 0.3 is 0 Å². The Balaban J connectivity index is 1.94. The van der Waals surface area contributed by atoms with Crippen molar-refractivity contribution in [2.24, 2.45) is 0 Å². The van der Waals surface area contributed by atoms with Crippen LogP contribution in [0.15, 0.2) is 24.3 Å². The lowest BCUT2D eigenvalue weighted by atomic mass is 9.98. The van der Waals surface area contributed by atoms with E-state index in [0.717, 1.165) is 39.2 Å². The van der Waals surface area contributed by atoms with Crippen molar-refractivity contribution in [2.45, 2.75) is 39.3 Å². The Morgan fingerprint density at radius 3 is 2.90 bits per heavy atom. The molecule has 1 heterocycles. The number of hydrogen-bond donors (Lipinski definition) is 1. The molecule has 0 aliphatic carbocycles. The molecule has 2 atom stereocenters. The third-order valence-corrected chi connectivity index (χ3v) is 4.07. The van der Waals surface area contributed by atoms with Crippen molar-refractivity contribution in [3.8, 4) is 0 Å². The van der Waals surface area contributed by atoms with Crippen LogP contribution in [-0.2, 0) is 4.74 Å². The van der Waals surface area contributed by atoms with E-state index in [2.05, 4.69) is 55.3 Å². The fourth-order valence-electron chi connectivity index (χ4n) is 3.00. The quantitative estimate of drug-likeness (QED) is 0.864. The first-order valence-electron chi connectivity index (χ1n) is 7.83. The summed E-state index contributed by atoms with van der Waals surface area (Å²) in [6.07, 6.45) is 1.53. The van der Waals surface area contributed by atoms with Gasteiger partial charge in [-0.1, -0.05) is 31.2 Å². The Hall–Kier alpha value is -0.900. The van der Waals surface area contributed by atoms with Crippen LogP contribution in [0.25, 0.3) is 0 Å². The van der Waals surface area contributed by atoms with E-state index < -0.39 is 0 Å². The zero-order chi connectivity index (χ0) is 14.4. The minimum Gasteiger partial charge on any atom is -0.376 e. The van der Waals surface area contributed by atoms with Gasteiger partial charge in [0.1, 0.15) is 0 Å². The molecule has 1 N–H and O–H groups in total. The van der Waals surface area contributed by atoms with Crippen LogP contribution >= 0.6 is 0 Å². The highest BCUT2D eigenvalue weighted by molar-refractivity contribution is 5.28. The lowest BCUT2D eigenvalue weighted by Crippen LogP contribution is -2.42. The zero-order valence-corrected chi connectivity index (χ0v) is 13.1. The molecular formula is C17H28N2O. The van der Waals surface area contributed by atoms with Gasteiger partial charge in [0, 0.05) is 25.7 Å². The Morgan fingerprint density at radius 1 is 1.40 bits per heavy atom. The van der Waals surface area contributed by atoms with Crippen LogP contribution in [0.5, 0.6) is 0 Å². The highest BCUT2D eigenvalue weighted by Gasteiger charge is 2.19. The third-order valence-electron chi connectivity index (χ3n) is 4.07. The van der Waals surface area contributed by atoms with E-state index in [4.69, 9.17) is 4.74 Å². The Bertz CT molecular complexity index is 408. The molecule has 2 unspecified atom stereocenters. The Kier molecular flexibility index (Phi) is 6.02. The molecule has 1 fully saturated rings. The summed E-state index contributed by atoms with van der Waals surface area (Å²) in [4.78, 5) is 2.52. The molecule has 3 nitrogen and oxygen atoms in total. The van der Waals surface area contributed by atoms with Crippen molar-refractivity contribution in [2.75, 3.05) is 32.8 Å². The maximum atomic E-state index is 5.61. The summed E-state index contributed by atoms with van der Waals surface area (Å²) in [7, 11) is 0. The van der Waals surface area contributed by atoms with Crippen LogP contribution in [0, 0.1) is 6.92 Å². The predicted molar refractivity (Wildman–Crippen MR) is 84.1 cm³/mol. The minimum absolute atomic E-state index is 0.375. The smallest absolute Gasteiger partial charge is 0.0674 e. The number of ether oxygens (including phenoxy) is 1. The second-order valence-corrected chi connectivity index (χ2v) is 5.74. The van der Waals surface area contributed by atoms with E-state index in [1.807, 2.05) is 0 Å². The number of nitrogens with one attached hydrogen (secondary N) is 1. The van der Waals surface area contributed by atoms with Gasteiger partial charge in [-0.05, 0) is 37.9 Å². The second-order valence-electron chi connectivity index (χ2n) is 5.74. The summed E-state index contributed by atoms with van der Waals surface area (Å²) in [5.74, 6) is 0. The van der Waals surface area contributed by atoms with E-state index in [-0.39, 0.29) is 0 Å². The van der Waals surface area contributed by atoms with Gasteiger partial charge in [-0.3, -0.25) is 4.90 Å². The summed E-state index contributed by atoms with van der Waals surface area (Å²) >= 11 is 0. The molecule has 0 saturated carbocycles. The van der Waals surface area contributed by atoms with E-state index in [0.29, 0.717) is 12.1 Å². The van der Waals surface area contributed by atoms with Gasteiger partial charge in [0.25, 0.3) is 0 Å². The number of benzene rings is 1. The van der Waals surface area contributed by atoms with Gasteiger partial charge in [-0.25, -0.2) is 0 Å². The number of aryl methyl sites for hydroxylation is 1. The van der Waals surface area contributed by atoms with Crippen LogP contribution in [0.2, 0.25) is 0 Å². The fraction of sp³-hybridized carbons (Fsp3) is 0.647. The van der Waals surface area contributed by atoms with Crippen LogP contribution in [-0.4, -0.2) is 43.8 Å². The fourth-order valence-corrected chi connectivity index (χ4v) is 3.00. The lowest BCUT2D eigenvalue weighted by molar-refractivity contribution is -0.0192. The normalized spacial score (nSPS) is 21.9. The van der Waals surface area contributed by atoms with Crippen molar-refractivity contribution in [1.29, 1.82) is 0 Å². The number of hydrogen-bond acceptors (Lipinski definition) is 3. The first kappa shape index (κ1) is 15.5. The van der Waals surface area contributed by atoms with Crippen LogP contribution in [0.3, 0.4) is 0 Å². The molecule has 1 aliphatic heterocycles. The highest BCUT2D eigenvalue weighted by atomic mass is 16.5. The molecular weight excluding hydrogens is 248 g/mol. The molecule has 1 aromatic rings. The first-order chi connectivity index (χ1) is 9.70. The monoisotopic (exact) mass is 276 g/mol. The third kappa shape index (κ3) is 4.30. The molecule has 1 saturated heterocycles. The van der Waals surface area contributed by atoms with Crippen molar-refractivity contribution in [1.82, 2.24) is 10.2 Å². The number of nitrogens with zero attached hydrogens (tertiary/aromatic N) is 1. The Labute approximate surface area is 123 Å². The summed E-state index contributed by atoms with van der Waals surface area (Å²) < 4.78 is 5.61. The maximum absolute atomic E-state index is 5.61. The average molecular weight is 276 g/mol. The molecule has 3 heteroatoms. The predicted octanol–water partition coefficient (Wildman–Crippen LogP) is 2.76. The van der Waals surface area contributed by atoms with E-state index in [9.17, 15) is 0 Å². The van der Waals surface area contributed by atoms with Gasteiger partial charge in [0.2, 0.25) is 0 Å². The molecule has 1 aliphatic rings. The van der Waals surface area contributed by atoms with E-state index >= 15 is 0 Å². The summed E-state index contributed by atoms with van der Waals surface area (Å²) in [6.45, 7) is 11.7. The van der Waals surface area contributed by atoms with Crippen LogP contribution < -0.4 is 5.32 Å². The molecule has 0 amide bonds. The van der Waals surface area contributed by atoms with Crippen LogP contribution in [0.4, 0.5) is 0 Å². The van der Waals surface area contributed by atoms with Gasteiger partial charge in [0.15, 0.2) is 0 Å². The van der Waals surface area contributed by atoms with Gasteiger partial charge in [0.05, 0.1) is 12.7 Å². The summed E-state index contributed by atoms with van der Waals surface area (Å²) in [6, 6.07) is 9.18. The molecule has 0 radical (unpaired) electrons. The molecule has 20 heavy (non-hydrogen) atoms. The lowest BCUT2D eigenvalue weighted by Gasteiger charge is -2.32. The summed E-state index contributed by atoms with van der Waals surface area (Å²) in [5.41, 5.74) is 2.82. The van der Waals surface area contributed by atoms with Crippen molar-refractivity contribution >= 4 is 0 Å². The Morgan fingerprint density at radius 2 is 2.20 bits per heavy atom. The number of rotatable bonds is 6. The van der Waals surface area contributed by atoms with E-state index in [1.165, 1.54) is 11.1 Å². The molecule has 112 valence electrons. The van der Waals surface area contributed by atoms with Crippen molar-refractivity contribution < 1.29 is 4.74 Å². The maximum Gasteiger partial charge on any atom is 0.0674 e. The van der Waals surface area contributed by atoms with Gasteiger partial charge < -0.3 is 10.1 Å². The standard InChI is InChI=1S/C17H28N2O/c1-4-18-17(16-8-6-5-7-14(16)2)9-10-19-11-12-20-15(3)13-19/h5-8,15,17-18H,4,9-13H2,1-3H3. The molecule has 0 spiro atoms.